The number of ether oxygens (including phenoxy) is 2. The smallest absolute Gasteiger partial charge is 0.434 e. The Kier molecular flexibility index (Phi) is 7.18. The van der Waals surface area contributed by atoms with Gasteiger partial charge in [-0.25, -0.2) is 4.79 Å². The maximum atomic E-state index is 11.3. The Morgan fingerprint density at radius 1 is 1.17 bits per heavy atom. The molecule has 0 fully saturated rings. The second-order valence-corrected chi connectivity index (χ2v) is 6.17. The topological polar surface area (TPSA) is 35.5 Å². The molecule has 2 rings (SSSR count). The van der Waals surface area contributed by atoms with Gasteiger partial charge in [0.25, 0.3) is 0 Å². The zero-order valence-corrected chi connectivity index (χ0v) is 14.3. The molecule has 1 aromatic carbocycles. The first kappa shape index (κ1) is 17.6. The molecular formula is C20H28O3. The van der Waals surface area contributed by atoms with Gasteiger partial charge in [-0.05, 0) is 55.4 Å². The zero-order valence-electron chi connectivity index (χ0n) is 14.3. The lowest BCUT2D eigenvalue weighted by atomic mass is 9.84. The second-order valence-electron chi connectivity index (χ2n) is 6.17. The Bertz CT molecular complexity index is 516. The van der Waals surface area contributed by atoms with Gasteiger partial charge < -0.3 is 9.47 Å². The van der Waals surface area contributed by atoms with Crippen LogP contribution in [0.3, 0.4) is 0 Å². The Balaban J connectivity index is 1.86. The molecule has 0 radical (unpaired) electrons. The molecular weight excluding hydrogens is 288 g/mol. The third-order valence-electron chi connectivity index (χ3n) is 4.42. The Morgan fingerprint density at radius 3 is 2.57 bits per heavy atom. The maximum Gasteiger partial charge on any atom is 0.513 e. The van der Waals surface area contributed by atoms with E-state index in [4.69, 9.17) is 9.47 Å². The molecule has 1 aliphatic carbocycles. The molecule has 1 aromatic rings. The van der Waals surface area contributed by atoms with Crippen molar-refractivity contribution in [1.29, 1.82) is 0 Å². The van der Waals surface area contributed by atoms with Gasteiger partial charge in [0, 0.05) is 0 Å². The summed E-state index contributed by atoms with van der Waals surface area (Å²) in [7, 11) is 0. The summed E-state index contributed by atoms with van der Waals surface area (Å²) in [6.45, 7) is 4.34. The summed E-state index contributed by atoms with van der Waals surface area (Å²) >= 11 is 0. The van der Waals surface area contributed by atoms with E-state index in [-0.39, 0.29) is 0 Å². The Morgan fingerprint density at radius 2 is 1.96 bits per heavy atom. The molecule has 1 aliphatic rings. The molecule has 0 N–H and O–H groups in total. The van der Waals surface area contributed by atoms with Crippen LogP contribution in [0.4, 0.5) is 4.79 Å². The van der Waals surface area contributed by atoms with Crippen molar-refractivity contribution >= 4 is 11.7 Å². The minimum Gasteiger partial charge on any atom is -0.434 e. The quantitative estimate of drug-likeness (QED) is 0.352. The molecule has 0 aromatic heterocycles. The van der Waals surface area contributed by atoms with Crippen LogP contribution in [-0.4, -0.2) is 12.8 Å². The second kappa shape index (κ2) is 9.39. The van der Waals surface area contributed by atoms with Crippen molar-refractivity contribution in [2.45, 2.75) is 58.8 Å². The fraction of sp³-hybridized carbons (Fsp3) is 0.550. The summed E-state index contributed by atoms with van der Waals surface area (Å²) in [4.78, 5) is 11.3. The van der Waals surface area contributed by atoms with Crippen LogP contribution in [0.2, 0.25) is 0 Å². The molecule has 1 atom stereocenters. The summed E-state index contributed by atoms with van der Waals surface area (Å²) in [6.07, 6.45) is 10.8. The van der Waals surface area contributed by atoms with E-state index < -0.39 is 6.16 Å². The van der Waals surface area contributed by atoms with Gasteiger partial charge in [-0.1, -0.05) is 50.8 Å². The molecule has 0 aliphatic heterocycles. The average molecular weight is 316 g/mol. The number of unbranched alkanes of at least 4 members (excludes halogenated alkanes) is 2. The number of allylic oxidation sites excluding steroid dienone is 2. The zero-order chi connectivity index (χ0) is 16.5. The van der Waals surface area contributed by atoms with Gasteiger partial charge >= 0.3 is 6.16 Å². The number of carbonyl (C=O) groups is 1. The van der Waals surface area contributed by atoms with E-state index in [1.54, 1.807) is 6.92 Å². The number of benzene rings is 1. The van der Waals surface area contributed by atoms with Crippen LogP contribution >= 0.6 is 0 Å². The highest BCUT2D eigenvalue weighted by Gasteiger charge is 2.15. The van der Waals surface area contributed by atoms with E-state index in [0.717, 1.165) is 12.3 Å². The van der Waals surface area contributed by atoms with Gasteiger partial charge in [-0.15, -0.1) is 0 Å². The van der Waals surface area contributed by atoms with Crippen molar-refractivity contribution in [3.63, 3.8) is 0 Å². The average Bonchev–Trinajstić information content (AvgIpc) is 2.57. The molecule has 126 valence electrons. The minimum absolute atomic E-state index is 0.323. The molecule has 0 heterocycles. The molecule has 23 heavy (non-hydrogen) atoms. The molecule has 1 unspecified atom stereocenters. The van der Waals surface area contributed by atoms with Gasteiger partial charge in [-0.3, -0.25) is 0 Å². The number of rotatable bonds is 7. The van der Waals surface area contributed by atoms with E-state index in [2.05, 4.69) is 13.0 Å². The normalized spacial score (nSPS) is 17.5. The molecule has 0 amide bonds. The molecule has 3 heteroatoms. The van der Waals surface area contributed by atoms with E-state index in [1.807, 2.05) is 24.3 Å². The summed E-state index contributed by atoms with van der Waals surface area (Å²) in [5.41, 5.74) is 2.65. The van der Waals surface area contributed by atoms with E-state index in [0.29, 0.717) is 12.4 Å². The standard InChI is InChI=1S/C20H28O3/c1-3-5-6-7-16-8-10-17(11-9-16)18-12-14-19(15-13-18)23-20(21)22-4-2/h10,12-16H,3-9,11H2,1-2H3. The van der Waals surface area contributed by atoms with E-state index in [1.165, 1.54) is 49.7 Å². The maximum absolute atomic E-state index is 11.3. The first-order valence-corrected chi connectivity index (χ1v) is 8.87. The lowest BCUT2D eigenvalue weighted by Crippen LogP contribution is -2.10. The number of hydrogen-bond donors (Lipinski definition) is 0. The van der Waals surface area contributed by atoms with Crippen LogP contribution in [0.15, 0.2) is 30.3 Å². The molecule has 0 spiro atoms. The van der Waals surface area contributed by atoms with E-state index in [9.17, 15) is 4.79 Å². The van der Waals surface area contributed by atoms with Crippen LogP contribution in [0, 0.1) is 5.92 Å². The van der Waals surface area contributed by atoms with Gasteiger partial charge in [0.2, 0.25) is 0 Å². The highest BCUT2D eigenvalue weighted by Crippen LogP contribution is 2.33. The van der Waals surface area contributed by atoms with Crippen LogP contribution in [0.25, 0.3) is 5.57 Å². The van der Waals surface area contributed by atoms with Crippen molar-refractivity contribution in [3.8, 4) is 5.75 Å². The van der Waals surface area contributed by atoms with Crippen molar-refractivity contribution in [1.82, 2.24) is 0 Å². The lowest BCUT2D eigenvalue weighted by Gasteiger charge is -2.22. The largest absolute Gasteiger partial charge is 0.513 e. The first-order chi connectivity index (χ1) is 11.2. The predicted molar refractivity (Wildman–Crippen MR) is 93.6 cm³/mol. The SMILES string of the molecule is CCCCCC1CC=C(c2ccc(OC(=O)OCC)cc2)CC1. The van der Waals surface area contributed by atoms with Gasteiger partial charge in [0.1, 0.15) is 5.75 Å². The van der Waals surface area contributed by atoms with Gasteiger partial charge in [0.15, 0.2) is 0 Å². The van der Waals surface area contributed by atoms with Crippen molar-refractivity contribution in [2.75, 3.05) is 6.61 Å². The molecule has 0 saturated carbocycles. The third kappa shape index (κ3) is 5.74. The highest BCUT2D eigenvalue weighted by atomic mass is 16.7. The van der Waals surface area contributed by atoms with Crippen molar-refractivity contribution < 1.29 is 14.3 Å². The number of hydrogen-bond acceptors (Lipinski definition) is 3. The third-order valence-corrected chi connectivity index (χ3v) is 4.42. The number of carbonyl (C=O) groups excluding carboxylic acids is 1. The van der Waals surface area contributed by atoms with Crippen LogP contribution in [0.5, 0.6) is 5.75 Å². The highest BCUT2D eigenvalue weighted by molar-refractivity contribution is 5.68. The Hall–Kier alpha value is -1.77. The van der Waals surface area contributed by atoms with Crippen LogP contribution in [-0.2, 0) is 4.74 Å². The lowest BCUT2D eigenvalue weighted by molar-refractivity contribution is 0.104. The minimum atomic E-state index is -0.646. The molecule has 3 nitrogen and oxygen atoms in total. The summed E-state index contributed by atoms with van der Waals surface area (Å²) < 4.78 is 9.86. The fourth-order valence-electron chi connectivity index (χ4n) is 3.08. The molecule has 0 bridgehead atoms. The van der Waals surface area contributed by atoms with Crippen molar-refractivity contribution in [3.05, 3.63) is 35.9 Å². The summed E-state index contributed by atoms with van der Waals surface area (Å²) in [5.74, 6) is 1.39. The van der Waals surface area contributed by atoms with Gasteiger partial charge in [0.05, 0.1) is 6.61 Å². The molecule has 0 saturated heterocycles. The first-order valence-electron chi connectivity index (χ1n) is 8.87. The fourth-order valence-corrected chi connectivity index (χ4v) is 3.08. The summed E-state index contributed by atoms with van der Waals surface area (Å²) in [5, 5.41) is 0. The van der Waals surface area contributed by atoms with Gasteiger partial charge in [-0.2, -0.15) is 0 Å². The van der Waals surface area contributed by atoms with Crippen molar-refractivity contribution in [2.24, 2.45) is 5.92 Å². The van der Waals surface area contributed by atoms with E-state index >= 15 is 0 Å². The monoisotopic (exact) mass is 316 g/mol. The summed E-state index contributed by atoms with van der Waals surface area (Å²) in [6, 6.07) is 7.72. The predicted octanol–water partition coefficient (Wildman–Crippen LogP) is 5.99. The Labute approximate surface area is 139 Å². The van der Waals surface area contributed by atoms with Crippen LogP contribution < -0.4 is 4.74 Å². The van der Waals surface area contributed by atoms with Crippen LogP contribution in [0.1, 0.15) is 64.4 Å².